The van der Waals surface area contributed by atoms with E-state index in [-0.39, 0.29) is 0 Å². The molecule has 0 aliphatic heterocycles. The maximum absolute atomic E-state index is 8.79. The molecule has 1 heterocycles. The number of nitrogens with one attached hydrogen (secondary N) is 1. The zero-order chi connectivity index (χ0) is 12.1. The van der Waals surface area contributed by atoms with Crippen LogP contribution < -0.4 is 5.32 Å². The summed E-state index contributed by atoms with van der Waals surface area (Å²) in [6, 6.07) is 5.80. The standard InChI is InChI=1S/C14H19N3/c1-14(6-3-2-4-7-14)11-17-12-5-8-16-13(9-12)10-15/h5,8-9H,2-4,6-7,11H2,1H3,(H,16,17). The van der Waals surface area contributed by atoms with Crippen LogP contribution in [-0.4, -0.2) is 11.5 Å². The molecule has 0 atom stereocenters. The average molecular weight is 229 g/mol. The molecule has 1 N–H and O–H groups in total. The van der Waals surface area contributed by atoms with E-state index in [2.05, 4.69) is 23.3 Å². The summed E-state index contributed by atoms with van der Waals surface area (Å²) in [4.78, 5) is 3.97. The third kappa shape index (κ3) is 3.20. The van der Waals surface area contributed by atoms with Crippen molar-refractivity contribution in [2.75, 3.05) is 11.9 Å². The lowest BCUT2D eigenvalue weighted by Gasteiger charge is -2.34. The van der Waals surface area contributed by atoms with Gasteiger partial charge in [0.1, 0.15) is 11.8 Å². The molecule has 0 spiro atoms. The summed E-state index contributed by atoms with van der Waals surface area (Å²) in [7, 11) is 0. The molecule has 1 aromatic rings. The third-order valence-corrected chi connectivity index (χ3v) is 3.65. The quantitative estimate of drug-likeness (QED) is 0.864. The number of hydrogen-bond acceptors (Lipinski definition) is 3. The van der Waals surface area contributed by atoms with Gasteiger partial charge >= 0.3 is 0 Å². The summed E-state index contributed by atoms with van der Waals surface area (Å²) in [5.41, 5.74) is 1.89. The fourth-order valence-electron chi connectivity index (χ4n) is 2.50. The monoisotopic (exact) mass is 229 g/mol. The number of rotatable bonds is 3. The van der Waals surface area contributed by atoms with E-state index in [0.29, 0.717) is 11.1 Å². The Bertz CT molecular complexity index is 414. The zero-order valence-electron chi connectivity index (χ0n) is 10.4. The van der Waals surface area contributed by atoms with Crippen LogP contribution in [-0.2, 0) is 0 Å². The van der Waals surface area contributed by atoms with Crippen LogP contribution in [0.2, 0.25) is 0 Å². The summed E-state index contributed by atoms with van der Waals surface area (Å²) < 4.78 is 0. The van der Waals surface area contributed by atoms with Gasteiger partial charge in [-0.15, -0.1) is 0 Å². The second-order valence-corrected chi connectivity index (χ2v) is 5.27. The van der Waals surface area contributed by atoms with E-state index >= 15 is 0 Å². The highest BCUT2D eigenvalue weighted by Crippen LogP contribution is 2.35. The number of aromatic nitrogens is 1. The fraction of sp³-hybridized carbons (Fsp3) is 0.571. The number of nitriles is 1. The average Bonchev–Trinajstić information content (AvgIpc) is 2.38. The van der Waals surface area contributed by atoms with Gasteiger partial charge in [0.05, 0.1) is 0 Å². The maximum Gasteiger partial charge on any atom is 0.142 e. The minimum absolute atomic E-state index is 0.411. The van der Waals surface area contributed by atoms with Crippen molar-refractivity contribution in [1.29, 1.82) is 5.26 Å². The Balaban J connectivity index is 1.95. The molecule has 1 aromatic heterocycles. The normalized spacial score (nSPS) is 18.4. The van der Waals surface area contributed by atoms with Crippen LogP contribution in [0.4, 0.5) is 5.69 Å². The summed E-state index contributed by atoms with van der Waals surface area (Å²) in [6.07, 6.45) is 8.36. The van der Waals surface area contributed by atoms with Gasteiger partial charge in [-0.1, -0.05) is 26.2 Å². The molecule has 0 unspecified atom stereocenters. The molecule has 1 aliphatic rings. The predicted octanol–water partition coefficient (Wildman–Crippen LogP) is 3.34. The predicted molar refractivity (Wildman–Crippen MR) is 68.6 cm³/mol. The van der Waals surface area contributed by atoms with Crippen LogP contribution in [0.5, 0.6) is 0 Å². The Morgan fingerprint density at radius 2 is 2.18 bits per heavy atom. The number of nitrogens with zero attached hydrogens (tertiary/aromatic N) is 2. The summed E-state index contributed by atoms with van der Waals surface area (Å²) >= 11 is 0. The van der Waals surface area contributed by atoms with Crippen LogP contribution in [0.25, 0.3) is 0 Å². The van der Waals surface area contributed by atoms with Crippen molar-refractivity contribution in [1.82, 2.24) is 4.98 Å². The number of hydrogen-bond donors (Lipinski definition) is 1. The SMILES string of the molecule is CC1(CNc2ccnc(C#N)c2)CCCCC1. The molecule has 0 aromatic carbocycles. The van der Waals surface area contributed by atoms with Crippen molar-refractivity contribution in [3.05, 3.63) is 24.0 Å². The van der Waals surface area contributed by atoms with Crippen molar-refractivity contribution in [3.63, 3.8) is 0 Å². The lowest BCUT2D eigenvalue weighted by molar-refractivity contribution is 0.233. The Morgan fingerprint density at radius 3 is 2.88 bits per heavy atom. The van der Waals surface area contributed by atoms with E-state index in [9.17, 15) is 0 Å². The van der Waals surface area contributed by atoms with Crippen LogP contribution >= 0.6 is 0 Å². The molecule has 17 heavy (non-hydrogen) atoms. The minimum Gasteiger partial charge on any atom is -0.384 e. The van der Waals surface area contributed by atoms with Gasteiger partial charge in [0, 0.05) is 18.4 Å². The van der Waals surface area contributed by atoms with Crippen LogP contribution in [0.3, 0.4) is 0 Å². The molecule has 0 amide bonds. The molecule has 0 radical (unpaired) electrons. The topological polar surface area (TPSA) is 48.7 Å². The van der Waals surface area contributed by atoms with Crippen molar-refractivity contribution < 1.29 is 0 Å². The van der Waals surface area contributed by atoms with Crippen molar-refractivity contribution >= 4 is 5.69 Å². The molecular formula is C14H19N3. The summed E-state index contributed by atoms with van der Waals surface area (Å²) in [5.74, 6) is 0. The second kappa shape index (κ2) is 5.18. The molecule has 1 fully saturated rings. The molecule has 0 saturated heterocycles. The summed E-state index contributed by atoms with van der Waals surface area (Å²) in [6.45, 7) is 3.34. The highest BCUT2D eigenvalue weighted by molar-refractivity contribution is 5.46. The third-order valence-electron chi connectivity index (χ3n) is 3.65. The number of pyridine rings is 1. The molecule has 3 heteroatoms. The maximum atomic E-state index is 8.79. The Morgan fingerprint density at radius 1 is 1.41 bits per heavy atom. The van der Waals surface area contributed by atoms with Crippen molar-refractivity contribution in [2.45, 2.75) is 39.0 Å². The van der Waals surface area contributed by atoms with E-state index in [0.717, 1.165) is 12.2 Å². The van der Waals surface area contributed by atoms with Gasteiger partial charge in [-0.25, -0.2) is 4.98 Å². The lowest BCUT2D eigenvalue weighted by atomic mass is 9.76. The van der Waals surface area contributed by atoms with Gasteiger partial charge in [0.2, 0.25) is 0 Å². The highest BCUT2D eigenvalue weighted by Gasteiger charge is 2.26. The molecule has 1 saturated carbocycles. The van der Waals surface area contributed by atoms with E-state index in [1.807, 2.05) is 12.1 Å². The Labute approximate surface area is 103 Å². The van der Waals surface area contributed by atoms with E-state index < -0.39 is 0 Å². The van der Waals surface area contributed by atoms with Gasteiger partial charge in [0.15, 0.2) is 0 Å². The van der Waals surface area contributed by atoms with Gasteiger partial charge in [0.25, 0.3) is 0 Å². The lowest BCUT2D eigenvalue weighted by Crippen LogP contribution is -2.28. The van der Waals surface area contributed by atoms with Crippen LogP contribution in [0, 0.1) is 16.7 Å². The van der Waals surface area contributed by atoms with Crippen molar-refractivity contribution in [3.8, 4) is 6.07 Å². The first kappa shape index (κ1) is 11.9. The zero-order valence-corrected chi connectivity index (χ0v) is 10.4. The van der Waals surface area contributed by atoms with E-state index in [4.69, 9.17) is 5.26 Å². The van der Waals surface area contributed by atoms with Gasteiger partial charge < -0.3 is 5.32 Å². The van der Waals surface area contributed by atoms with E-state index in [1.165, 1.54) is 32.1 Å². The Hall–Kier alpha value is -1.56. The first-order valence-electron chi connectivity index (χ1n) is 6.32. The molecule has 2 rings (SSSR count). The first-order valence-corrected chi connectivity index (χ1v) is 6.32. The molecular weight excluding hydrogens is 210 g/mol. The first-order chi connectivity index (χ1) is 8.22. The largest absolute Gasteiger partial charge is 0.384 e. The van der Waals surface area contributed by atoms with Crippen LogP contribution in [0.15, 0.2) is 18.3 Å². The second-order valence-electron chi connectivity index (χ2n) is 5.27. The molecule has 1 aliphatic carbocycles. The van der Waals surface area contributed by atoms with Crippen LogP contribution in [0.1, 0.15) is 44.7 Å². The van der Waals surface area contributed by atoms with Gasteiger partial charge in [-0.05, 0) is 30.4 Å². The number of anilines is 1. The smallest absolute Gasteiger partial charge is 0.142 e. The Kier molecular flexibility index (Phi) is 3.63. The van der Waals surface area contributed by atoms with Crippen molar-refractivity contribution in [2.24, 2.45) is 5.41 Å². The fourth-order valence-corrected chi connectivity index (χ4v) is 2.50. The molecule has 3 nitrogen and oxygen atoms in total. The molecule has 0 bridgehead atoms. The van der Waals surface area contributed by atoms with Gasteiger partial charge in [-0.3, -0.25) is 0 Å². The highest BCUT2D eigenvalue weighted by atomic mass is 14.9. The van der Waals surface area contributed by atoms with E-state index in [1.54, 1.807) is 6.20 Å². The molecule has 90 valence electrons. The minimum atomic E-state index is 0.411. The summed E-state index contributed by atoms with van der Waals surface area (Å²) in [5, 5.41) is 12.2. The van der Waals surface area contributed by atoms with Gasteiger partial charge in [-0.2, -0.15) is 5.26 Å².